The summed E-state index contributed by atoms with van der Waals surface area (Å²) in [6.45, 7) is 4.70. The number of hydrogen-bond acceptors (Lipinski definition) is 2. The molecule has 2 aliphatic rings. The number of carbonyl (C=O) groups excluding carboxylic acids is 1. The molecule has 2 aliphatic heterocycles. The molecule has 5 heteroatoms. The Morgan fingerprint density at radius 1 is 1.24 bits per heavy atom. The number of fused-ring (bicyclic) bond motifs is 1. The lowest BCUT2D eigenvalue weighted by Gasteiger charge is -2.28. The second-order valence-corrected chi connectivity index (χ2v) is 7.44. The van der Waals surface area contributed by atoms with E-state index in [9.17, 15) is 4.79 Å². The normalized spacial score (nSPS) is 26.8. The van der Waals surface area contributed by atoms with E-state index in [0.29, 0.717) is 6.54 Å². The minimum Gasteiger partial charge on any atom is -0.376 e. The summed E-state index contributed by atoms with van der Waals surface area (Å²) >= 11 is 0. The van der Waals surface area contributed by atoms with Crippen LogP contribution in [0.15, 0.2) is 30.5 Å². The number of rotatable bonds is 5. The van der Waals surface area contributed by atoms with Gasteiger partial charge < -0.3 is 19.9 Å². The predicted octanol–water partition coefficient (Wildman–Crippen LogP) is 1.26. The lowest BCUT2D eigenvalue weighted by Crippen LogP contribution is -3.11. The summed E-state index contributed by atoms with van der Waals surface area (Å²) in [5.74, 6) is 0.398. The van der Waals surface area contributed by atoms with Crippen molar-refractivity contribution in [2.24, 2.45) is 5.92 Å². The molecule has 1 aromatic carbocycles. The van der Waals surface area contributed by atoms with Crippen molar-refractivity contribution in [2.75, 3.05) is 26.2 Å². The van der Waals surface area contributed by atoms with Crippen LogP contribution >= 0.6 is 0 Å². The SMILES string of the molecule is O=C(NC[C@@H]1CCCO1)C1CC[NH+](Cc2c[nH]c3ccccc23)CC1. The first-order valence-corrected chi connectivity index (χ1v) is 9.57. The first kappa shape index (κ1) is 16.6. The van der Waals surface area contributed by atoms with Gasteiger partial charge in [-0.25, -0.2) is 0 Å². The summed E-state index contributed by atoms with van der Waals surface area (Å²) < 4.78 is 5.58. The number of nitrogens with one attached hydrogen (secondary N) is 3. The van der Waals surface area contributed by atoms with Crippen molar-refractivity contribution >= 4 is 16.8 Å². The maximum atomic E-state index is 12.4. The molecule has 0 spiro atoms. The Labute approximate surface area is 148 Å². The minimum atomic E-state index is 0.174. The zero-order valence-electron chi connectivity index (χ0n) is 14.7. The van der Waals surface area contributed by atoms with Crippen LogP contribution in [-0.4, -0.2) is 43.2 Å². The highest BCUT2D eigenvalue weighted by Crippen LogP contribution is 2.17. The van der Waals surface area contributed by atoms with Gasteiger partial charge >= 0.3 is 0 Å². The summed E-state index contributed by atoms with van der Waals surface area (Å²) in [7, 11) is 0. The van der Waals surface area contributed by atoms with Crippen LogP contribution in [0.4, 0.5) is 0 Å². The predicted molar refractivity (Wildman–Crippen MR) is 97.4 cm³/mol. The molecule has 25 heavy (non-hydrogen) atoms. The van der Waals surface area contributed by atoms with Crippen LogP contribution in [-0.2, 0) is 16.1 Å². The quantitative estimate of drug-likeness (QED) is 0.766. The molecular formula is C20H28N3O2+. The molecule has 0 aliphatic carbocycles. The van der Waals surface area contributed by atoms with Gasteiger partial charge in [-0.3, -0.25) is 4.79 Å². The van der Waals surface area contributed by atoms with Gasteiger partial charge in [-0.1, -0.05) is 18.2 Å². The summed E-state index contributed by atoms with van der Waals surface area (Å²) in [4.78, 5) is 17.3. The highest BCUT2D eigenvalue weighted by Gasteiger charge is 2.28. The van der Waals surface area contributed by atoms with E-state index in [0.717, 1.165) is 51.9 Å². The largest absolute Gasteiger partial charge is 0.376 e. The number of ether oxygens (including phenoxy) is 1. The minimum absolute atomic E-state index is 0.174. The average molecular weight is 342 g/mol. The average Bonchev–Trinajstić information content (AvgIpc) is 3.31. The zero-order valence-corrected chi connectivity index (χ0v) is 14.7. The molecule has 134 valence electrons. The van der Waals surface area contributed by atoms with Crippen LogP contribution < -0.4 is 10.2 Å². The van der Waals surface area contributed by atoms with Crippen molar-refractivity contribution in [1.29, 1.82) is 0 Å². The summed E-state index contributed by atoms with van der Waals surface area (Å²) in [6.07, 6.45) is 6.53. The first-order chi connectivity index (χ1) is 12.3. The van der Waals surface area contributed by atoms with Gasteiger partial charge in [0.05, 0.1) is 19.2 Å². The van der Waals surface area contributed by atoms with Crippen molar-refractivity contribution in [3.05, 3.63) is 36.0 Å². The molecule has 1 amide bonds. The molecule has 0 radical (unpaired) electrons. The van der Waals surface area contributed by atoms with E-state index in [-0.39, 0.29) is 17.9 Å². The van der Waals surface area contributed by atoms with E-state index in [1.54, 1.807) is 4.90 Å². The van der Waals surface area contributed by atoms with Crippen LogP contribution in [0.3, 0.4) is 0 Å². The third-order valence-corrected chi connectivity index (χ3v) is 5.71. The number of H-pyrrole nitrogens is 1. The number of carbonyl (C=O) groups is 1. The van der Waals surface area contributed by atoms with Gasteiger partial charge in [-0.05, 0) is 18.9 Å². The molecule has 4 rings (SSSR count). The third-order valence-electron chi connectivity index (χ3n) is 5.71. The fourth-order valence-electron chi connectivity index (χ4n) is 4.18. The molecule has 2 saturated heterocycles. The fourth-order valence-corrected chi connectivity index (χ4v) is 4.18. The maximum Gasteiger partial charge on any atom is 0.223 e. The summed E-state index contributed by atoms with van der Waals surface area (Å²) in [5, 5.41) is 4.43. The van der Waals surface area contributed by atoms with Gasteiger partial charge in [-0.15, -0.1) is 0 Å². The van der Waals surface area contributed by atoms with Crippen molar-refractivity contribution < 1.29 is 14.4 Å². The first-order valence-electron chi connectivity index (χ1n) is 9.57. The Morgan fingerprint density at radius 2 is 2.08 bits per heavy atom. The number of para-hydroxylation sites is 1. The van der Waals surface area contributed by atoms with Crippen molar-refractivity contribution in [2.45, 2.75) is 38.3 Å². The van der Waals surface area contributed by atoms with Gasteiger partial charge in [0.25, 0.3) is 0 Å². The fraction of sp³-hybridized carbons (Fsp3) is 0.550. The van der Waals surface area contributed by atoms with Crippen LogP contribution in [0.25, 0.3) is 10.9 Å². The van der Waals surface area contributed by atoms with E-state index in [4.69, 9.17) is 4.74 Å². The van der Waals surface area contributed by atoms with E-state index in [1.165, 1.54) is 16.5 Å². The van der Waals surface area contributed by atoms with Crippen molar-refractivity contribution in [1.82, 2.24) is 10.3 Å². The van der Waals surface area contributed by atoms with E-state index in [2.05, 4.69) is 40.8 Å². The monoisotopic (exact) mass is 342 g/mol. The lowest BCUT2D eigenvalue weighted by atomic mass is 9.95. The molecule has 1 aromatic heterocycles. The van der Waals surface area contributed by atoms with Crippen LogP contribution in [0.1, 0.15) is 31.2 Å². The Kier molecular flexibility index (Phi) is 5.04. The molecule has 3 N–H and O–H groups in total. The molecule has 2 aromatic rings. The Hall–Kier alpha value is -1.85. The highest BCUT2D eigenvalue weighted by atomic mass is 16.5. The molecule has 0 bridgehead atoms. The topological polar surface area (TPSA) is 58.6 Å². The number of likely N-dealkylation sites (tertiary alicyclic amines) is 1. The summed E-state index contributed by atoms with van der Waals surface area (Å²) in [6, 6.07) is 8.47. The smallest absolute Gasteiger partial charge is 0.223 e. The maximum absolute atomic E-state index is 12.4. The van der Waals surface area contributed by atoms with E-state index >= 15 is 0 Å². The summed E-state index contributed by atoms with van der Waals surface area (Å²) in [5.41, 5.74) is 2.59. The lowest BCUT2D eigenvalue weighted by molar-refractivity contribution is -0.919. The van der Waals surface area contributed by atoms with Gasteiger partial charge in [0, 0.05) is 54.6 Å². The molecule has 5 nitrogen and oxygen atoms in total. The van der Waals surface area contributed by atoms with E-state index in [1.807, 2.05) is 0 Å². The third kappa shape index (κ3) is 3.88. The van der Waals surface area contributed by atoms with Crippen molar-refractivity contribution in [3.63, 3.8) is 0 Å². The number of aromatic amines is 1. The zero-order chi connectivity index (χ0) is 17.1. The second kappa shape index (κ2) is 7.58. The van der Waals surface area contributed by atoms with Crippen LogP contribution in [0.5, 0.6) is 0 Å². The van der Waals surface area contributed by atoms with Gasteiger partial charge in [-0.2, -0.15) is 0 Å². The molecule has 0 unspecified atom stereocenters. The number of amides is 1. The van der Waals surface area contributed by atoms with Gasteiger partial charge in [0.2, 0.25) is 5.91 Å². The number of hydrogen-bond donors (Lipinski definition) is 3. The number of aromatic nitrogens is 1. The van der Waals surface area contributed by atoms with Crippen molar-refractivity contribution in [3.8, 4) is 0 Å². The van der Waals surface area contributed by atoms with Gasteiger partial charge in [0.1, 0.15) is 6.54 Å². The molecule has 3 heterocycles. The van der Waals surface area contributed by atoms with Gasteiger partial charge in [0.15, 0.2) is 0 Å². The molecule has 1 atom stereocenters. The van der Waals surface area contributed by atoms with E-state index < -0.39 is 0 Å². The standard InChI is InChI=1S/C20H27N3O2/c24-20(22-13-17-4-3-11-25-17)15-7-9-23(10-8-15)14-16-12-21-19-6-2-1-5-18(16)19/h1-2,5-6,12,15,17,21H,3-4,7-11,13-14H2,(H,22,24)/p+1/t17-/m0/s1. The molecule has 0 saturated carbocycles. The highest BCUT2D eigenvalue weighted by molar-refractivity contribution is 5.82. The number of benzene rings is 1. The Balaban J connectivity index is 1.26. The van der Waals surface area contributed by atoms with Crippen LogP contribution in [0, 0.1) is 5.92 Å². The Bertz CT molecular complexity index is 713. The Morgan fingerprint density at radius 3 is 2.88 bits per heavy atom. The molecule has 2 fully saturated rings. The van der Waals surface area contributed by atoms with Crippen LogP contribution in [0.2, 0.25) is 0 Å². The second-order valence-electron chi connectivity index (χ2n) is 7.44. The molecular weight excluding hydrogens is 314 g/mol. The number of piperidine rings is 1. The number of quaternary nitrogens is 1.